The maximum atomic E-state index is 5.69. The molecular formula is C16H28N4O. The first-order chi connectivity index (χ1) is 10.1. The zero-order chi connectivity index (χ0) is 15.2. The van der Waals surface area contributed by atoms with E-state index in [2.05, 4.69) is 47.9 Å². The molecule has 0 aliphatic carbocycles. The third-order valence-electron chi connectivity index (χ3n) is 3.90. The van der Waals surface area contributed by atoms with Gasteiger partial charge in [0, 0.05) is 49.7 Å². The Labute approximate surface area is 128 Å². The summed E-state index contributed by atoms with van der Waals surface area (Å²) in [6, 6.07) is 0.474. The molecule has 1 N–H and O–H groups in total. The monoisotopic (exact) mass is 292 g/mol. The van der Waals surface area contributed by atoms with Gasteiger partial charge in [-0.2, -0.15) is 0 Å². The highest BCUT2D eigenvalue weighted by Gasteiger charge is 2.21. The largest absolute Gasteiger partial charge is 0.378 e. The van der Waals surface area contributed by atoms with Crippen LogP contribution in [-0.2, 0) is 11.3 Å². The quantitative estimate of drug-likeness (QED) is 0.872. The van der Waals surface area contributed by atoms with E-state index in [1.54, 1.807) is 0 Å². The minimum Gasteiger partial charge on any atom is -0.378 e. The van der Waals surface area contributed by atoms with Crippen LogP contribution in [0.1, 0.15) is 44.9 Å². The van der Waals surface area contributed by atoms with E-state index < -0.39 is 0 Å². The normalized spacial score (nSPS) is 16.7. The molecule has 1 saturated heterocycles. The van der Waals surface area contributed by atoms with Crippen molar-refractivity contribution in [2.75, 3.05) is 24.6 Å². The summed E-state index contributed by atoms with van der Waals surface area (Å²) >= 11 is 0. The van der Waals surface area contributed by atoms with Gasteiger partial charge in [0.25, 0.3) is 0 Å². The number of anilines is 1. The Hall–Kier alpha value is -1.20. The van der Waals surface area contributed by atoms with E-state index in [1.165, 1.54) is 5.56 Å². The molecule has 1 aliphatic heterocycles. The maximum absolute atomic E-state index is 5.69. The Balaban J connectivity index is 1.94. The van der Waals surface area contributed by atoms with Crippen molar-refractivity contribution >= 4 is 5.95 Å². The second-order valence-electron chi connectivity index (χ2n) is 5.96. The second-order valence-corrected chi connectivity index (χ2v) is 5.96. The van der Waals surface area contributed by atoms with Gasteiger partial charge in [-0.15, -0.1) is 0 Å². The Morgan fingerprint density at radius 1 is 1.38 bits per heavy atom. The van der Waals surface area contributed by atoms with Gasteiger partial charge in [-0.3, -0.25) is 0 Å². The number of hydrogen-bond acceptors (Lipinski definition) is 5. The highest BCUT2D eigenvalue weighted by atomic mass is 16.5. The Morgan fingerprint density at radius 3 is 2.67 bits per heavy atom. The van der Waals surface area contributed by atoms with Crippen LogP contribution >= 0.6 is 0 Å². The molecule has 2 rings (SSSR count). The molecule has 2 heterocycles. The average Bonchev–Trinajstić information content (AvgIpc) is 2.47. The predicted molar refractivity (Wildman–Crippen MR) is 85.6 cm³/mol. The number of aryl methyl sites for hydroxylation is 1. The van der Waals surface area contributed by atoms with Crippen molar-refractivity contribution < 1.29 is 4.74 Å². The van der Waals surface area contributed by atoms with Gasteiger partial charge in [-0.25, -0.2) is 9.97 Å². The van der Waals surface area contributed by atoms with Crippen molar-refractivity contribution in [3.05, 3.63) is 17.5 Å². The van der Waals surface area contributed by atoms with E-state index in [9.17, 15) is 0 Å². The number of rotatable bonds is 6. The Morgan fingerprint density at radius 2 is 2.10 bits per heavy atom. The smallest absolute Gasteiger partial charge is 0.225 e. The molecule has 0 saturated carbocycles. The number of piperidine rings is 1. The molecule has 21 heavy (non-hydrogen) atoms. The fraction of sp³-hybridized carbons (Fsp3) is 0.750. The summed E-state index contributed by atoms with van der Waals surface area (Å²) in [5.41, 5.74) is 2.25. The highest BCUT2D eigenvalue weighted by Crippen LogP contribution is 2.19. The van der Waals surface area contributed by atoms with Gasteiger partial charge < -0.3 is 15.0 Å². The van der Waals surface area contributed by atoms with Gasteiger partial charge in [0.05, 0.1) is 6.10 Å². The first-order valence-electron chi connectivity index (χ1n) is 8.02. The van der Waals surface area contributed by atoms with Gasteiger partial charge in [0.1, 0.15) is 0 Å². The lowest BCUT2D eigenvalue weighted by molar-refractivity contribution is 0.0457. The van der Waals surface area contributed by atoms with Crippen LogP contribution in [0, 0.1) is 6.92 Å². The Bertz CT molecular complexity index is 442. The summed E-state index contributed by atoms with van der Waals surface area (Å²) in [6.07, 6.45) is 4.49. The predicted octanol–water partition coefficient (Wildman–Crippen LogP) is 2.29. The van der Waals surface area contributed by atoms with Crippen molar-refractivity contribution in [2.45, 2.75) is 59.2 Å². The third kappa shape index (κ3) is 4.64. The summed E-state index contributed by atoms with van der Waals surface area (Å²) in [6.45, 7) is 12.0. The zero-order valence-electron chi connectivity index (χ0n) is 13.7. The molecule has 0 unspecified atom stereocenters. The molecule has 5 nitrogen and oxygen atoms in total. The van der Waals surface area contributed by atoms with Crippen LogP contribution in [0.5, 0.6) is 0 Å². The minimum atomic E-state index is 0.405. The number of nitrogens with one attached hydrogen (secondary N) is 1. The van der Waals surface area contributed by atoms with Gasteiger partial charge in [-0.05, 0) is 26.7 Å². The van der Waals surface area contributed by atoms with Crippen LogP contribution in [0.3, 0.4) is 0 Å². The molecule has 0 aromatic carbocycles. The topological polar surface area (TPSA) is 50.3 Å². The van der Waals surface area contributed by atoms with Gasteiger partial charge in [0.2, 0.25) is 5.95 Å². The number of nitrogens with zero attached hydrogens (tertiary/aromatic N) is 3. The molecule has 0 radical (unpaired) electrons. The second kappa shape index (κ2) is 7.71. The first-order valence-corrected chi connectivity index (χ1v) is 8.02. The van der Waals surface area contributed by atoms with Crippen LogP contribution in [0.4, 0.5) is 5.95 Å². The lowest BCUT2D eigenvalue weighted by Gasteiger charge is -2.32. The van der Waals surface area contributed by atoms with Crippen molar-refractivity contribution in [1.82, 2.24) is 15.3 Å². The molecule has 1 aromatic rings. The van der Waals surface area contributed by atoms with Crippen LogP contribution in [-0.4, -0.2) is 41.8 Å². The fourth-order valence-electron chi connectivity index (χ4n) is 2.58. The van der Waals surface area contributed by atoms with E-state index in [1.807, 2.05) is 6.20 Å². The fourth-order valence-corrected chi connectivity index (χ4v) is 2.58. The maximum Gasteiger partial charge on any atom is 0.225 e. The van der Waals surface area contributed by atoms with Gasteiger partial charge in [-0.1, -0.05) is 13.8 Å². The van der Waals surface area contributed by atoms with Gasteiger partial charge in [0.15, 0.2) is 0 Å². The molecule has 118 valence electrons. The van der Waals surface area contributed by atoms with Crippen LogP contribution < -0.4 is 10.2 Å². The average molecular weight is 292 g/mol. The Kier molecular flexibility index (Phi) is 5.94. The standard InChI is InChI=1S/C16H28N4O/c1-5-21-15-6-8-20(9-7-15)16-18-11-14(13(4)19-16)10-17-12(2)3/h11-12,15,17H,5-10H2,1-4H3. The number of ether oxygens (including phenoxy) is 1. The molecule has 1 fully saturated rings. The minimum absolute atomic E-state index is 0.405. The molecule has 0 spiro atoms. The van der Waals surface area contributed by atoms with Crippen LogP contribution in [0.2, 0.25) is 0 Å². The SMILES string of the molecule is CCOC1CCN(c2ncc(CNC(C)C)c(C)n2)CC1. The summed E-state index contributed by atoms with van der Waals surface area (Å²) in [5.74, 6) is 0.857. The summed E-state index contributed by atoms with van der Waals surface area (Å²) < 4.78 is 5.69. The molecule has 0 bridgehead atoms. The van der Waals surface area contributed by atoms with Crippen molar-refractivity contribution in [3.8, 4) is 0 Å². The summed E-state index contributed by atoms with van der Waals surface area (Å²) in [7, 11) is 0. The molecule has 5 heteroatoms. The lowest BCUT2D eigenvalue weighted by atomic mass is 10.1. The van der Waals surface area contributed by atoms with Crippen molar-refractivity contribution in [1.29, 1.82) is 0 Å². The first kappa shape index (κ1) is 16.2. The van der Waals surface area contributed by atoms with E-state index in [0.29, 0.717) is 12.1 Å². The summed E-state index contributed by atoms with van der Waals surface area (Å²) in [5, 5.41) is 3.41. The number of hydrogen-bond donors (Lipinski definition) is 1. The van der Waals surface area contributed by atoms with Gasteiger partial charge >= 0.3 is 0 Å². The zero-order valence-corrected chi connectivity index (χ0v) is 13.7. The molecule has 1 aliphatic rings. The summed E-state index contributed by atoms with van der Waals surface area (Å²) in [4.78, 5) is 11.5. The molecule has 0 amide bonds. The van der Waals surface area contributed by atoms with Crippen LogP contribution in [0.25, 0.3) is 0 Å². The van der Waals surface area contributed by atoms with E-state index in [0.717, 1.165) is 50.7 Å². The van der Waals surface area contributed by atoms with Crippen molar-refractivity contribution in [3.63, 3.8) is 0 Å². The molecule has 0 atom stereocenters. The molecule has 1 aromatic heterocycles. The molecular weight excluding hydrogens is 264 g/mol. The van der Waals surface area contributed by atoms with Crippen LogP contribution in [0.15, 0.2) is 6.20 Å². The van der Waals surface area contributed by atoms with E-state index >= 15 is 0 Å². The third-order valence-corrected chi connectivity index (χ3v) is 3.90. The number of aromatic nitrogens is 2. The van der Waals surface area contributed by atoms with Crippen molar-refractivity contribution in [2.24, 2.45) is 0 Å². The highest BCUT2D eigenvalue weighted by molar-refractivity contribution is 5.33. The van der Waals surface area contributed by atoms with E-state index in [4.69, 9.17) is 4.74 Å². The van der Waals surface area contributed by atoms with E-state index in [-0.39, 0.29) is 0 Å². The lowest BCUT2D eigenvalue weighted by Crippen LogP contribution is -2.38.